The molecule has 1 aromatic heterocycles. The molecule has 0 aliphatic rings. The predicted molar refractivity (Wildman–Crippen MR) is 105 cm³/mol. The van der Waals surface area contributed by atoms with E-state index in [0.29, 0.717) is 5.69 Å². The molecule has 0 aliphatic carbocycles. The van der Waals surface area contributed by atoms with E-state index in [1.165, 1.54) is 35.0 Å². The highest BCUT2D eigenvalue weighted by atomic mass is 32.2. The number of hydrogen-bond acceptors (Lipinski definition) is 4. The van der Waals surface area contributed by atoms with E-state index in [0.717, 1.165) is 28.6 Å². The Hall–Kier alpha value is -2.93. The van der Waals surface area contributed by atoms with Crippen LogP contribution in [0.3, 0.4) is 0 Å². The van der Waals surface area contributed by atoms with E-state index in [4.69, 9.17) is 0 Å². The second kappa shape index (κ2) is 8.18. The van der Waals surface area contributed by atoms with Gasteiger partial charge in [0.2, 0.25) is 5.91 Å². The van der Waals surface area contributed by atoms with Gasteiger partial charge in [-0.3, -0.25) is 14.2 Å². The van der Waals surface area contributed by atoms with Crippen molar-refractivity contribution in [3.05, 3.63) is 82.2 Å². The van der Waals surface area contributed by atoms with E-state index in [-0.39, 0.29) is 28.1 Å². The van der Waals surface area contributed by atoms with Crippen molar-refractivity contribution in [3.63, 3.8) is 0 Å². The van der Waals surface area contributed by atoms with Gasteiger partial charge >= 0.3 is 0 Å². The summed E-state index contributed by atoms with van der Waals surface area (Å²) in [5, 5.41) is 2.90. The molecule has 2 aromatic carbocycles. The minimum Gasteiger partial charge on any atom is -0.325 e. The van der Waals surface area contributed by atoms with E-state index in [9.17, 15) is 14.0 Å². The SMILES string of the molecule is Cc1ccc(-n2ccnc(SCC(=O)Nc3ccc(F)cc3)c2=O)cc1C. The monoisotopic (exact) mass is 383 g/mol. The molecule has 3 aromatic rings. The van der Waals surface area contributed by atoms with Crippen LogP contribution in [0, 0.1) is 19.7 Å². The van der Waals surface area contributed by atoms with Crippen LogP contribution in [-0.4, -0.2) is 21.2 Å². The third-order valence-electron chi connectivity index (χ3n) is 4.05. The van der Waals surface area contributed by atoms with Crippen LogP contribution in [0.25, 0.3) is 5.69 Å². The van der Waals surface area contributed by atoms with Gasteiger partial charge in [-0.1, -0.05) is 17.8 Å². The number of rotatable bonds is 5. The number of anilines is 1. The lowest BCUT2D eigenvalue weighted by Gasteiger charge is -2.09. The smallest absolute Gasteiger partial charge is 0.287 e. The molecule has 0 saturated heterocycles. The maximum atomic E-state index is 12.9. The van der Waals surface area contributed by atoms with Gasteiger partial charge in [0.1, 0.15) is 5.82 Å². The van der Waals surface area contributed by atoms with Gasteiger partial charge in [0.05, 0.1) is 5.75 Å². The second-order valence-corrected chi connectivity index (χ2v) is 6.98. The first kappa shape index (κ1) is 18.8. The number of thioether (sulfide) groups is 1. The van der Waals surface area contributed by atoms with Crippen molar-refractivity contribution in [2.75, 3.05) is 11.1 Å². The zero-order valence-electron chi connectivity index (χ0n) is 14.9. The van der Waals surface area contributed by atoms with E-state index in [1.54, 1.807) is 6.20 Å². The van der Waals surface area contributed by atoms with Crippen LogP contribution < -0.4 is 10.9 Å². The quantitative estimate of drug-likeness (QED) is 0.682. The fraction of sp³-hybridized carbons (Fsp3) is 0.150. The molecule has 0 unspecified atom stereocenters. The Labute approximate surface area is 160 Å². The summed E-state index contributed by atoms with van der Waals surface area (Å²) in [4.78, 5) is 28.8. The summed E-state index contributed by atoms with van der Waals surface area (Å²) in [5.74, 6) is -0.645. The first-order chi connectivity index (χ1) is 12.9. The Balaban J connectivity index is 1.72. The van der Waals surface area contributed by atoms with Crippen molar-refractivity contribution in [1.29, 1.82) is 0 Å². The molecule has 1 heterocycles. The summed E-state index contributed by atoms with van der Waals surface area (Å²) in [6.07, 6.45) is 3.14. The van der Waals surface area contributed by atoms with Gasteiger partial charge in [0.25, 0.3) is 5.56 Å². The zero-order chi connectivity index (χ0) is 19.4. The topological polar surface area (TPSA) is 64.0 Å². The summed E-state index contributed by atoms with van der Waals surface area (Å²) < 4.78 is 14.4. The number of hydrogen-bond donors (Lipinski definition) is 1. The fourth-order valence-electron chi connectivity index (χ4n) is 2.44. The highest BCUT2D eigenvalue weighted by Crippen LogP contribution is 2.16. The molecule has 0 bridgehead atoms. The Bertz CT molecular complexity index is 1030. The van der Waals surface area contributed by atoms with Crippen molar-refractivity contribution in [2.45, 2.75) is 18.9 Å². The van der Waals surface area contributed by atoms with E-state index in [1.807, 2.05) is 32.0 Å². The lowest BCUT2D eigenvalue weighted by Crippen LogP contribution is -2.22. The average Bonchev–Trinajstić information content (AvgIpc) is 2.65. The molecule has 138 valence electrons. The second-order valence-electron chi connectivity index (χ2n) is 6.02. The molecular formula is C20H18FN3O2S. The van der Waals surface area contributed by atoms with Crippen molar-refractivity contribution >= 4 is 23.4 Å². The molecule has 7 heteroatoms. The standard InChI is InChI=1S/C20H18FN3O2S/c1-13-3-8-17(11-14(13)2)24-10-9-22-19(20(24)26)27-12-18(25)23-16-6-4-15(21)5-7-16/h3-11H,12H2,1-2H3,(H,23,25). The number of nitrogens with one attached hydrogen (secondary N) is 1. The normalized spacial score (nSPS) is 10.6. The van der Waals surface area contributed by atoms with Crippen LogP contribution in [-0.2, 0) is 4.79 Å². The molecule has 0 spiro atoms. The largest absolute Gasteiger partial charge is 0.325 e. The molecule has 1 N–H and O–H groups in total. The molecule has 27 heavy (non-hydrogen) atoms. The molecule has 5 nitrogen and oxygen atoms in total. The number of nitrogens with zero attached hydrogens (tertiary/aromatic N) is 2. The first-order valence-electron chi connectivity index (χ1n) is 8.27. The summed E-state index contributed by atoms with van der Waals surface area (Å²) in [6, 6.07) is 11.3. The molecular weight excluding hydrogens is 365 g/mol. The molecule has 0 radical (unpaired) electrons. The van der Waals surface area contributed by atoms with Crippen LogP contribution in [0.15, 0.2) is 64.7 Å². The number of benzene rings is 2. The minimum atomic E-state index is -0.372. The van der Waals surface area contributed by atoms with Crippen LogP contribution in [0.4, 0.5) is 10.1 Å². The van der Waals surface area contributed by atoms with E-state index >= 15 is 0 Å². The minimum absolute atomic E-state index is 0.0244. The van der Waals surface area contributed by atoms with Gasteiger partial charge in [-0.2, -0.15) is 0 Å². The third-order valence-corrected chi connectivity index (χ3v) is 5.01. The van der Waals surface area contributed by atoms with Crippen molar-refractivity contribution in [2.24, 2.45) is 0 Å². The molecule has 0 saturated carbocycles. The fourth-order valence-corrected chi connectivity index (χ4v) is 3.13. The van der Waals surface area contributed by atoms with Crippen molar-refractivity contribution < 1.29 is 9.18 Å². The first-order valence-corrected chi connectivity index (χ1v) is 9.26. The van der Waals surface area contributed by atoms with Crippen molar-refractivity contribution in [3.8, 4) is 5.69 Å². The Kier molecular flexibility index (Phi) is 5.71. The van der Waals surface area contributed by atoms with Crippen LogP contribution in [0.1, 0.15) is 11.1 Å². The van der Waals surface area contributed by atoms with Gasteiger partial charge in [-0.25, -0.2) is 9.37 Å². The molecule has 0 aliphatic heterocycles. The number of aryl methyl sites for hydroxylation is 2. The van der Waals surface area contributed by atoms with Crippen LogP contribution in [0.2, 0.25) is 0 Å². The maximum absolute atomic E-state index is 12.9. The number of halogens is 1. The van der Waals surface area contributed by atoms with E-state index in [2.05, 4.69) is 10.3 Å². The number of carbonyl (C=O) groups excluding carboxylic acids is 1. The number of carbonyl (C=O) groups is 1. The van der Waals surface area contributed by atoms with Crippen LogP contribution >= 0.6 is 11.8 Å². The summed E-state index contributed by atoms with van der Waals surface area (Å²) in [5.41, 5.74) is 3.20. The summed E-state index contributed by atoms with van der Waals surface area (Å²) in [7, 11) is 0. The van der Waals surface area contributed by atoms with Gasteiger partial charge in [0, 0.05) is 23.8 Å². The summed E-state index contributed by atoms with van der Waals surface area (Å²) >= 11 is 1.06. The lowest BCUT2D eigenvalue weighted by atomic mass is 10.1. The van der Waals surface area contributed by atoms with Gasteiger partial charge < -0.3 is 5.32 Å². The molecule has 0 atom stereocenters. The highest BCUT2D eigenvalue weighted by Gasteiger charge is 2.11. The molecule has 3 rings (SSSR count). The Morgan fingerprint density at radius 2 is 1.89 bits per heavy atom. The lowest BCUT2D eigenvalue weighted by molar-refractivity contribution is -0.113. The van der Waals surface area contributed by atoms with Crippen molar-refractivity contribution in [1.82, 2.24) is 9.55 Å². The molecule has 0 fully saturated rings. The number of aromatic nitrogens is 2. The molecule has 1 amide bonds. The highest BCUT2D eigenvalue weighted by molar-refractivity contribution is 7.99. The number of amides is 1. The maximum Gasteiger partial charge on any atom is 0.287 e. The summed E-state index contributed by atoms with van der Waals surface area (Å²) in [6.45, 7) is 4.00. The Morgan fingerprint density at radius 3 is 2.59 bits per heavy atom. The Morgan fingerprint density at radius 1 is 1.15 bits per heavy atom. The predicted octanol–water partition coefficient (Wildman–Crippen LogP) is 3.72. The van der Waals surface area contributed by atoms with E-state index < -0.39 is 0 Å². The zero-order valence-corrected chi connectivity index (χ0v) is 15.7. The van der Waals surface area contributed by atoms with Gasteiger partial charge in [0.15, 0.2) is 5.03 Å². The van der Waals surface area contributed by atoms with Gasteiger partial charge in [-0.05, 0) is 61.4 Å². The average molecular weight is 383 g/mol. The van der Waals surface area contributed by atoms with Crippen LogP contribution in [0.5, 0.6) is 0 Å². The van der Waals surface area contributed by atoms with Gasteiger partial charge in [-0.15, -0.1) is 0 Å². The third kappa shape index (κ3) is 4.62.